The third kappa shape index (κ3) is 5.65. The van der Waals surface area contributed by atoms with Crippen molar-refractivity contribution in [3.8, 4) is 0 Å². The van der Waals surface area contributed by atoms with E-state index in [2.05, 4.69) is 33.9 Å². The summed E-state index contributed by atoms with van der Waals surface area (Å²) in [5.74, 6) is 0.866. The lowest BCUT2D eigenvalue weighted by Crippen LogP contribution is -2.41. The number of pyridine rings is 1. The van der Waals surface area contributed by atoms with Gasteiger partial charge in [0.2, 0.25) is 5.91 Å². The van der Waals surface area contributed by atoms with Crippen LogP contribution in [0.1, 0.15) is 26.7 Å². The first-order valence-electron chi connectivity index (χ1n) is 8.74. The van der Waals surface area contributed by atoms with E-state index in [1.54, 1.807) is 0 Å². The molecule has 0 unspecified atom stereocenters. The molecule has 0 spiro atoms. The van der Waals surface area contributed by atoms with Crippen LogP contribution < -0.4 is 16.0 Å². The number of nitrogens with zero attached hydrogens (tertiary/aromatic N) is 3. The number of hydrogen-bond acceptors (Lipinski definition) is 6. The third-order valence-electron chi connectivity index (χ3n) is 3.92. The summed E-state index contributed by atoms with van der Waals surface area (Å²) in [6.45, 7) is 9.48. The van der Waals surface area contributed by atoms with Crippen LogP contribution in [0.4, 0.5) is 17.3 Å². The monoisotopic (exact) mass is 335 g/mol. The van der Waals surface area contributed by atoms with E-state index in [0.717, 1.165) is 44.7 Å². The first-order chi connectivity index (χ1) is 11.6. The molecule has 1 aliphatic rings. The van der Waals surface area contributed by atoms with Gasteiger partial charge in [0.25, 0.3) is 0 Å². The number of amides is 1. The Labute approximate surface area is 144 Å². The minimum absolute atomic E-state index is 0.0708. The number of aromatic nitrogens is 1. The fourth-order valence-corrected chi connectivity index (χ4v) is 2.84. The average molecular weight is 335 g/mol. The van der Waals surface area contributed by atoms with Crippen LogP contribution in [0.2, 0.25) is 0 Å². The Kier molecular flexibility index (Phi) is 7.27. The molecule has 1 aromatic rings. The van der Waals surface area contributed by atoms with Gasteiger partial charge < -0.3 is 20.7 Å². The second-order valence-electron chi connectivity index (χ2n) is 6.06. The summed E-state index contributed by atoms with van der Waals surface area (Å²) < 4.78 is 5.30. The van der Waals surface area contributed by atoms with Gasteiger partial charge in [0, 0.05) is 44.0 Å². The molecule has 1 fully saturated rings. The van der Waals surface area contributed by atoms with Crippen molar-refractivity contribution in [2.45, 2.75) is 26.7 Å². The number of morpholine rings is 1. The zero-order valence-electron chi connectivity index (χ0n) is 14.8. The van der Waals surface area contributed by atoms with E-state index in [0.29, 0.717) is 31.4 Å². The molecule has 1 amide bonds. The summed E-state index contributed by atoms with van der Waals surface area (Å²) >= 11 is 0. The quantitative estimate of drug-likeness (QED) is 0.750. The average Bonchev–Trinajstić information content (AvgIpc) is 2.55. The van der Waals surface area contributed by atoms with E-state index >= 15 is 0 Å². The second kappa shape index (κ2) is 9.44. The fraction of sp³-hybridized carbons (Fsp3) is 0.647. The minimum atomic E-state index is -0.0708. The maximum atomic E-state index is 12.2. The smallest absolute Gasteiger partial charge is 0.239 e. The van der Waals surface area contributed by atoms with Gasteiger partial charge in [-0.15, -0.1) is 0 Å². The van der Waals surface area contributed by atoms with Crippen LogP contribution in [0.25, 0.3) is 0 Å². The first kappa shape index (κ1) is 18.5. The van der Waals surface area contributed by atoms with Crippen molar-refractivity contribution >= 4 is 23.2 Å². The van der Waals surface area contributed by atoms with Crippen molar-refractivity contribution in [3.05, 3.63) is 12.1 Å². The number of carbonyl (C=O) groups is 1. The van der Waals surface area contributed by atoms with Gasteiger partial charge in [-0.3, -0.25) is 9.69 Å². The number of rotatable bonds is 8. The Balaban J connectivity index is 2.02. The molecule has 1 aromatic heterocycles. The lowest BCUT2D eigenvalue weighted by atomic mass is 10.2. The maximum Gasteiger partial charge on any atom is 0.239 e. The van der Waals surface area contributed by atoms with Crippen LogP contribution in [-0.4, -0.2) is 61.7 Å². The Hall–Kier alpha value is -1.86. The van der Waals surface area contributed by atoms with Crippen LogP contribution in [0, 0.1) is 0 Å². The summed E-state index contributed by atoms with van der Waals surface area (Å²) in [6.07, 6.45) is 2.11. The Bertz CT molecular complexity index is 526. The van der Waals surface area contributed by atoms with Crippen molar-refractivity contribution in [1.29, 1.82) is 0 Å². The number of nitrogen functional groups attached to an aromatic ring is 1. The number of hydrogen-bond donors (Lipinski definition) is 2. The van der Waals surface area contributed by atoms with Crippen molar-refractivity contribution in [2.75, 3.05) is 61.9 Å². The molecular formula is C17H29N5O2. The van der Waals surface area contributed by atoms with Gasteiger partial charge in [-0.1, -0.05) is 13.8 Å². The molecule has 3 N–H and O–H groups in total. The number of nitrogens with two attached hydrogens (primary N) is 1. The first-order valence-corrected chi connectivity index (χ1v) is 8.74. The lowest BCUT2D eigenvalue weighted by Gasteiger charge is -2.26. The molecule has 0 radical (unpaired) electrons. The van der Waals surface area contributed by atoms with Crippen molar-refractivity contribution in [3.63, 3.8) is 0 Å². The number of nitrogens with one attached hydrogen (secondary N) is 1. The highest BCUT2D eigenvalue weighted by molar-refractivity contribution is 5.92. The molecule has 0 bridgehead atoms. The minimum Gasteiger partial charge on any atom is -0.384 e. The van der Waals surface area contributed by atoms with Gasteiger partial charge in [-0.25, -0.2) is 4.98 Å². The topological polar surface area (TPSA) is 83.7 Å². The fourth-order valence-electron chi connectivity index (χ4n) is 2.84. The molecule has 1 saturated heterocycles. The van der Waals surface area contributed by atoms with E-state index in [-0.39, 0.29) is 5.91 Å². The largest absolute Gasteiger partial charge is 0.384 e. The maximum absolute atomic E-state index is 12.2. The van der Waals surface area contributed by atoms with E-state index in [1.807, 2.05) is 12.1 Å². The molecule has 0 saturated carbocycles. The summed E-state index contributed by atoms with van der Waals surface area (Å²) in [5, 5.41) is 2.87. The molecule has 1 aliphatic heterocycles. The molecule has 0 atom stereocenters. The Morgan fingerprint density at radius 2 is 1.96 bits per heavy atom. The van der Waals surface area contributed by atoms with Gasteiger partial charge in [-0.05, 0) is 12.8 Å². The van der Waals surface area contributed by atoms with Gasteiger partial charge in [-0.2, -0.15) is 0 Å². The molecule has 134 valence electrons. The van der Waals surface area contributed by atoms with E-state index in [1.165, 1.54) is 0 Å². The third-order valence-corrected chi connectivity index (χ3v) is 3.92. The van der Waals surface area contributed by atoms with Gasteiger partial charge in [0.05, 0.1) is 19.8 Å². The van der Waals surface area contributed by atoms with E-state index < -0.39 is 0 Å². The highest BCUT2D eigenvalue weighted by Gasteiger charge is 2.15. The molecule has 7 heteroatoms. The Morgan fingerprint density at radius 1 is 1.29 bits per heavy atom. The summed E-state index contributed by atoms with van der Waals surface area (Å²) in [5.41, 5.74) is 6.94. The van der Waals surface area contributed by atoms with Crippen LogP contribution in [0.15, 0.2) is 12.1 Å². The van der Waals surface area contributed by atoms with E-state index in [9.17, 15) is 4.79 Å². The van der Waals surface area contributed by atoms with Crippen molar-refractivity contribution in [1.82, 2.24) is 9.88 Å². The van der Waals surface area contributed by atoms with Gasteiger partial charge in [0.1, 0.15) is 11.6 Å². The highest BCUT2D eigenvalue weighted by atomic mass is 16.5. The SMILES string of the molecule is CCCN(CCC)c1cc(N)nc(NC(=O)CN2CCOCC2)c1. The number of carbonyl (C=O) groups excluding carboxylic acids is 1. The second-order valence-corrected chi connectivity index (χ2v) is 6.06. The molecular weight excluding hydrogens is 306 g/mol. The van der Waals surface area contributed by atoms with Gasteiger partial charge >= 0.3 is 0 Å². The molecule has 24 heavy (non-hydrogen) atoms. The highest BCUT2D eigenvalue weighted by Crippen LogP contribution is 2.21. The normalized spacial score (nSPS) is 15.2. The zero-order chi connectivity index (χ0) is 17.4. The number of ether oxygens (including phenoxy) is 1. The molecule has 2 heterocycles. The van der Waals surface area contributed by atoms with E-state index in [4.69, 9.17) is 10.5 Å². The predicted molar refractivity (Wildman–Crippen MR) is 97.3 cm³/mol. The molecule has 7 nitrogen and oxygen atoms in total. The van der Waals surface area contributed by atoms with Crippen molar-refractivity contribution in [2.24, 2.45) is 0 Å². The van der Waals surface area contributed by atoms with Gasteiger partial charge in [0.15, 0.2) is 0 Å². The van der Waals surface area contributed by atoms with Crippen LogP contribution in [0.5, 0.6) is 0 Å². The Morgan fingerprint density at radius 3 is 2.58 bits per heavy atom. The van der Waals surface area contributed by atoms with Crippen molar-refractivity contribution < 1.29 is 9.53 Å². The summed E-state index contributed by atoms with van der Waals surface area (Å²) in [7, 11) is 0. The summed E-state index contributed by atoms with van der Waals surface area (Å²) in [6, 6.07) is 3.77. The number of anilines is 3. The van der Waals surface area contributed by atoms with Crippen LogP contribution in [-0.2, 0) is 9.53 Å². The summed E-state index contributed by atoms with van der Waals surface area (Å²) in [4.78, 5) is 20.8. The zero-order valence-corrected chi connectivity index (χ0v) is 14.8. The molecule has 2 rings (SSSR count). The standard InChI is InChI=1S/C17H29N5O2/c1-3-5-22(6-4-2)14-11-15(18)19-16(12-14)20-17(23)13-21-7-9-24-10-8-21/h11-12H,3-10,13H2,1-2H3,(H3,18,19,20,23). The predicted octanol–water partition coefficient (Wildman–Crippen LogP) is 1.56. The van der Waals surface area contributed by atoms with Crippen LogP contribution in [0.3, 0.4) is 0 Å². The van der Waals surface area contributed by atoms with Crippen LogP contribution >= 0.6 is 0 Å². The molecule has 0 aliphatic carbocycles. The lowest BCUT2D eigenvalue weighted by molar-refractivity contribution is -0.118. The molecule has 0 aromatic carbocycles.